The molecule has 0 amide bonds. The van der Waals surface area contributed by atoms with Crippen molar-refractivity contribution in [2.75, 3.05) is 23.8 Å². The second-order valence-electron chi connectivity index (χ2n) is 4.05. The SMILES string of the molecule is CN(c1cccc(Br)c1)c1cc(NCC(=O)O)ncn1. The summed E-state index contributed by atoms with van der Waals surface area (Å²) in [6.07, 6.45) is 1.40. The summed E-state index contributed by atoms with van der Waals surface area (Å²) >= 11 is 3.42. The summed E-state index contributed by atoms with van der Waals surface area (Å²) in [5.41, 5.74) is 0.960. The van der Waals surface area contributed by atoms with Crippen LogP contribution in [-0.2, 0) is 4.79 Å². The molecule has 7 heteroatoms. The molecule has 20 heavy (non-hydrogen) atoms. The molecule has 0 fully saturated rings. The zero-order valence-electron chi connectivity index (χ0n) is 10.7. The van der Waals surface area contributed by atoms with Gasteiger partial charge in [-0.25, -0.2) is 9.97 Å². The second-order valence-corrected chi connectivity index (χ2v) is 4.96. The van der Waals surface area contributed by atoms with Gasteiger partial charge >= 0.3 is 5.97 Å². The van der Waals surface area contributed by atoms with E-state index in [1.54, 1.807) is 6.07 Å². The maximum atomic E-state index is 10.5. The fourth-order valence-corrected chi connectivity index (χ4v) is 2.00. The predicted molar refractivity (Wildman–Crippen MR) is 80.4 cm³/mol. The molecule has 0 bridgehead atoms. The highest BCUT2D eigenvalue weighted by Crippen LogP contribution is 2.25. The highest BCUT2D eigenvalue weighted by atomic mass is 79.9. The molecule has 0 aliphatic rings. The Morgan fingerprint density at radius 3 is 2.90 bits per heavy atom. The van der Waals surface area contributed by atoms with E-state index in [4.69, 9.17) is 5.11 Å². The molecule has 0 saturated heterocycles. The Labute approximate surface area is 124 Å². The Morgan fingerprint density at radius 2 is 2.20 bits per heavy atom. The first kappa shape index (κ1) is 14.3. The van der Waals surface area contributed by atoms with Crippen molar-refractivity contribution in [1.82, 2.24) is 9.97 Å². The second kappa shape index (κ2) is 6.33. The van der Waals surface area contributed by atoms with Gasteiger partial charge in [-0.05, 0) is 18.2 Å². The van der Waals surface area contributed by atoms with Crippen LogP contribution in [0.4, 0.5) is 17.3 Å². The van der Waals surface area contributed by atoms with E-state index in [-0.39, 0.29) is 6.54 Å². The number of carbonyl (C=O) groups is 1. The Bertz CT molecular complexity index is 621. The van der Waals surface area contributed by atoms with Crippen molar-refractivity contribution < 1.29 is 9.90 Å². The van der Waals surface area contributed by atoms with Crippen molar-refractivity contribution in [3.05, 3.63) is 41.1 Å². The standard InChI is InChI=1S/C13H13BrN4O2/c1-18(10-4-2-3-9(14)5-10)12-6-11(16-8-17-12)15-7-13(19)20/h2-6,8H,7H2,1H3,(H,19,20)(H,15,16,17). The highest BCUT2D eigenvalue weighted by Gasteiger charge is 2.07. The van der Waals surface area contributed by atoms with Crippen LogP contribution in [0.1, 0.15) is 0 Å². The monoisotopic (exact) mass is 336 g/mol. The number of halogens is 1. The van der Waals surface area contributed by atoms with Gasteiger partial charge in [0, 0.05) is 23.3 Å². The first-order valence-corrected chi connectivity index (χ1v) is 6.62. The van der Waals surface area contributed by atoms with Crippen LogP contribution in [0.2, 0.25) is 0 Å². The fourth-order valence-electron chi connectivity index (χ4n) is 1.61. The number of carboxylic acids is 1. The van der Waals surface area contributed by atoms with Gasteiger partial charge in [0.25, 0.3) is 0 Å². The quantitative estimate of drug-likeness (QED) is 0.873. The average Bonchev–Trinajstić information content (AvgIpc) is 2.44. The molecule has 0 saturated carbocycles. The molecule has 0 atom stereocenters. The van der Waals surface area contributed by atoms with Crippen molar-refractivity contribution in [2.45, 2.75) is 0 Å². The first-order chi connectivity index (χ1) is 9.56. The number of hydrogen-bond donors (Lipinski definition) is 2. The van der Waals surface area contributed by atoms with Crippen LogP contribution in [-0.4, -0.2) is 34.6 Å². The summed E-state index contributed by atoms with van der Waals surface area (Å²) < 4.78 is 0.972. The van der Waals surface area contributed by atoms with Gasteiger partial charge < -0.3 is 15.3 Å². The molecule has 0 aliphatic heterocycles. The normalized spacial score (nSPS) is 10.1. The number of nitrogens with one attached hydrogen (secondary N) is 1. The predicted octanol–water partition coefficient (Wildman–Crippen LogP) is 2.50. The smallest absolute Gasteiger partial charge is 0.322 e. The molecule has 0 spiro atoms. The van der Waals surface area contributed by atoms with Gasteiger partial charge in [0.2, 0.25) is 0 Å². The minimum absolute atomic E-state index is 0.183. The lowest BCUT2D eigenvalue weighted by Gasteiger charge is -2.18. The van der Waals surface area contributed by atoms with Crippen molar-refractivity contribution in [3.63, 3.8) is 0 Å². The zero-order chi connectivity index (χ0) is 14.5. The van der Waals surface area contributed by atoms with Crippen LogP contribution in [0.15, 0.2) is 41.1 Å². The van der Waals surface area contributed by atoms with Gasteiger partial charge in [-0.3, -0.25) is 4.79 Å². The Hall–Kier alpha value is -2.15. The van der Waals surface area contributed by atoms with Crippen LogP contribution in [0.25, 0.3) is 0 Å². The number of aromatic nitrogens is 2. The maximum Gasteiger partial charge on any atom is 0.322 e. The van der Waals surface area contributed by atoms with E-state index in [2.05, 4.69) is 31.2 Å². The number of rotatable bonds is 5. The third-order valence-electron chi connectivity index (χ3n) is 2.61. The van der Waals surface area contributed by atoms with Crippen molar-refractivity contribution >= 4 is 39.2 Å². The topological polar surface area (TPSA) is 78.4 Å². The van der Waals surface area contributed by atoms with Crippen LogP contribution in [0.5, 0.6) is 0 Å². The molecule has 1 heterocycles. The average molecular weight is 337 g/mol. The van der Waals surface area contributed by atoms with E-state index in [0.717, 1.165) is 10.2 Å². The summed E-state index contributed by atoms with van der Waals surface area (Å²) in [6, 6.07) is 9.49. The van der Waals surface area contributed by atoms with Gasteiger partial charge in [0.1, 0.15) is 24.5 Å². The first-order valence-electron chi connectivity index (χ1n) is 5.83. The minimum atomic E-state index is -0.939. The van der Waals surface area contributed by atoms with E-state index in [9.17, 15) is 4.79 Å². The lowest BCUT2D eigenvalue weighted by atomic mass is 10.3. The van der Waals surface area contributed by atoms with Gasteiger partial charge in [-0.1, -0.05) is 22.0 Å². The van der Waals surface area contributed by atoms with E-state index in [0.29, 0.717) is 11.6 Å². The number of carboxylic acid groups (broad SMARTS) is 1. The number of aliphatic carboxylic acids is 1. The number of hydrogen-bond acceptors (Lipinski definition) is 5. The Balaban J connectivity index is 2.19. The largest absolute Gasteiger partial charge is 0.480 e. The summed E-state index contributed by atoms with van der Waals surface area (Å²) in [5, 5.41) is 11.4. The molecule has 0 radical (unpaired) electrons. The zero-order valence-corrected chi connectivity index (χ0v) is 12.3. The van der Waals surface area contributed by atoms with Crippen LogP contribution in [0.3, 0.4) is 0 Å². The van der Waals surface area contributed by atoms with Crippen molar-refractivity contribution in [2.24, 2.45) is 0 Å². The van der Waals surface area contributed by atoms with Crippen LogP contribution in [0, 0.1) is 0 Å². The molecule has 0 aliphatic carbocycles. The summed E-state index contributed by atoms with van der Waals surface area (Å²) in [5.74, 6) is 0.204. The van der Waals surface area contributed by atoms with E-state index in [1.807, 2.05) is 36.2 Å². The van der Waals surface area contributed by atoms with E-state index < -0.39 is 5.97 Å². The van der Waals surface area contributed by atoms with Crippen molar-refractivity contribution in [3.8, 4) is 0 Å². The van der Waals surface area contributed by atoms with E-state index in [1.165, 1.54) is 6.33 Å². The molecule has 1 aromatic heterocycles. The van der Waals surface area contributed by atoms with Gasteiger partial charge in [-0.15, -0.1) is 0 Å². The molecule has 2 aromatic rings. The van der Waals surface area contributed by atoms with Gasteiger partial charge in [0.05, 0.1) is 0 Å². The molecule has 2 N–H and O–H groups in total. The van der Waals surface area contributed by atoms with Crippen molar-refractivity contribution in [1.29, 1.82) is 0 Å². The third kappa shape index (κ3) is 3.67. The minimum Gasteiger partial charge on any atom is -0.480 e. The van der Waals surface area contributed by atoms with Gasteiger partial charge in [0.15, 0.2) is 0 Å². The highest BCUT2D eigenvalue weighted by molar-refractivity contribution is 9.10. The molecule has 104 valence electrons. The Kier molecular flexibility index (Phi) is 4.52. The molecular formula is C13H13BrN4O2. The molecule has 0 unspecified atom stereocenters. The third-order valence-corrected chi connectivity index (χ3v) is 3.11. The lowest BCUT2D eigenvalue weighted by molar-refractivity contribution is -0.134. The summed E-state index contributed by atoms with van der Waals surface area (Å²) in [4.78, 5) is 20.6. The van der Waals surface area contributed by atoms with Crippen LogP contribution < -0.4 is 10.2 Å². The molecule has 2 rings (SSSR count). The number of anilines is 3. The lowest BCUT2D eigenvalue weighted by Crippen LogP contribution is -2.15. The fraction of sp³-hybridized carbons (Fsp3) is 0.154. The maximum absolute atomic E-state index is 10.5. The van der Waals surface area contributed by atoms with Crippen LogP contribution >= 0.6 is 15.9 Å². The molecule has 6 nitrogen and oxygen atoms in total. The summed E-state index contributed by atoms with van der Waals surface area (Å²) in [7, 11) is 1.88. The van der Waals surface area contributed by atoms with E-state index >= 15 is 0 Å². The van der Waals surface area contributed by atoms with Gasteiger partial charge in [-0.2, -0.15) is 0 Å². The molecular weight excluding hydrogens is 324 g/mol. The number of nitrogens with zero attached hydrogens (tertiary/aromatic N) is 3. The Morgan fingerprint density at radius 1 is 1.40 bits per heavy atom. The molecule has 1 aromatic carbocycles. The summed E-state index contributed by atoms with van der Waals surface area (Å²) in [6.45, 7) is -0.183. The number of benzene rings is 1.